The zero-order chi connectivity index (χ0) is 26.2. The van der Waals surface area contributed by atoms with E-state index in [1.807, 2.05) is 60.8 Å². The van der Waals surface area contributed by atoms with Crippen LogP contribution in [0.15, 0.2) is 91.3 Å². The Morgan fingerprint density at radius 3 is 2.58 bits per heavy atom. The van der Waals surface area contributed by atoms with Gasteiger partial charge in [-0.05, 0) is 76.7 Å². The lowest BCUT2D eigenvalue weighted by atomic mass is 9.99. The number of nitrogens with one attached hydrogen (secondary N) is 1. The Bertz CT molecular complexity index is 1350. The van der Waals surface area contributed by atoms with Crippen LogP contribution in [0, 0.1) is 0 Å². The first kappa shape index (κ1) is 26.0. The van der Waals surface area contributed by atoms with E-state index in [4.69, 9.17) is 16.3 Å². The van der Waals surface area contributed by atoms with E-state index < -0.39 is 0 Å². The molecular formula is C32H32ClN3O2. The van der Waals surface area contributed by atoms with Crippen molar-refractivity contribution >= 4 is 23.1 Å². The number of benzene rings is 3. The second-order valence-electron chi connectivity index (χ2n) is 9.60. The molecule has 0 aliphatic carbocycles. The van der Waals surface area contributed by atoms with Crippen molar-refractivity contribution in [2.45, 2.75) is 25.9 Å². The van der Waals surface area contributed by atoms with Gasteiger partial charge < -0.3 is 15.0 Å². The number of ether oxygens (including phenoxy) is 1. The molecule has 1 saturated heterocycles. The first-order valence-electron chi connectivity index (χ1n) is 13.1. The number of hydrogen-bond acceptors (Lipinski definition) is 5. The van der Waals surface area contributed by atoms with Crippen molar-refractivity contribution in [2.24, 2.45) is 0 Å². The average molecular weight is 526 g/mol. The lowest BCUT2D eigenvalue weighted by molar-refractivity contribution is -0.118. The van der Waals surface area contributed by atoms with Gasteiger partial charge in [-0.15, -0.1) is 0 Å². The van der Waals surface area contributed by atoms with Gasteiger partial charge in [-0.3, -0.25) is 9.78 Å². The van der Waals surface area contributed by atoms with Crippen LogP contribution in [-0.4, -0.2) is 36.9 Å². The summed E-state index contributed by atoms with van der Waals surface area (Å²) in [6.45, 7) is 4.42. The Hall–Kier alpha value is -3.67. The number of aryl methyl sites for hydroxylation is 1. The molecule has 0 unspecified atom stereocenters. The van der Waals surface area contributed by atoms with Gasteiger partial charge in [-0.25, -0.2) is 0 Å². The molecule has 0 bridgehead atoms. The van der Waals surface area contributed by atoms with E-state index in [1.165, 1.54) is 5.69 Å². The number of piperazine rings is 1. The van der Waals surface area contributed by atoms with Gasteiger partial charge in [-0.2, -0.15) is 0 Å². The van der Waals surface area contributed by atoms with Gasteiger partial charge >= 0.3 is 0 Å². The number of hydrogen-bond donors (Lipinski definition) is 1. The van der Waals surface area contributed by atoms with E-state index in [1.54, 1.807) is 6.20 Å². The maximum Gasteiger partial charge on any atom is 0.137 e. The van der Waals surface area contributed by atoms with Crippen LogP contribution in [0.5, 0.6) is 5.75 Å². The smallest absolute Gasteiger partial charge is 0.137 e. The van der Waals surface area contributed by atoms with Crippen molar-refractivity contribution < 1.29 is 9.53 Å². The van der Waals surface area contributed by atoms with Crippen LogP contribution in [0.2, 0.25) is 5.02 Å². The average Bonchev–Trinajstić information content (AvgIpc) is 2.97. The van der Waals surface area contributed by atoms with Crippen molar-refractivity contribution in [3.63, 3.8) is 0 Å². The molecule has 1 aliphatic rings. The minimum Gasteiger partial charge on any atom is -0.489 e. The Morgan fingerprint density at radius 2 is 1.79 bits per heavy atom. The van der Waals surface area contributed by atoms with Crippen LogP contribution < -0.4 is 15.0 Å². The summed E-state index contributed by atoms with van der Waals surface area (Å²) in [5.74, 6) is 0.989. The second-order valence-corrected chi connectivity index (χ2v) is 10.0. The van der Waals surface area contributed by atoms with Crippen LogP contribution in [0.3, 0.4) is 0 Å². The maximum absolute atomic E-state index is 12.4. The summed E-state index contributed by atoms with van der Waals surface area (Å²) in [6.07, 6.45) is 5.21. The van der Waals surface area contributed by atoms with Gasteiger partial charge in [0.15, 0.2) is 0 Å². The predicted octanol–water partition coefficient (Wildman–Crippen LogP) is 6.14. The lowest BCUT2D eigenvalue weighted by Crippen LogP contribution is -2.43. The number of pyridine rings is 1. The molecule has 0 spiro atoms. The summed E-state index contributed by atoms with van der Waals surface area (Å²) >= 11 is 6.40. The molecule has 0 atom stereocenters. The maximum atomic E-state index is 12.4. The third kappa shape index (κ3) is 7.00. The van der Waals surface area contributed by atoms with E-state index in [0.29, 0.717) is 24.5 Å². The first-order chi connectivity index (χ1) is 18.6. The number of halogens is 1. The van der Waals surface area contributed by atoms with E-state index >= 15 is 0 Å². The van der Waals surface area contributed by atoms with Crippen molar-refractivity contribution in [1.82, 2.24) is 10.3 Å². The molecule has 5 nitrogen and oxygen atoms in total. The predicted molar refractivity (Wildman–Crippen MR) is 154 cm³/mol. The van der Waals surface area contributed by atoms with Crippen molar-refractivity contribution in [3.8, 4) is 16.9 Å². The molecule has 3 aromatic carbocycles. The standard InChI is InChI=1S/C32H32ClN3O2/c33-28-10-9-27(32(21-28)26-4-1-5-29(20-26)36-17-15-34-16-18-36)23-38-31-12-7-24(8-13-31)19-30(37)11-6-25-3-2-14-35-22-25/h1-5,7-10,12-14,20-22,34H,6,11,15-19,23H2. The van der Waals surface area contributed by atoms with Crippen molar-refractivity contribution in [3.05, 3.63) is 113 Å². The van der Waals surface area contributed by atoms with Crippen LogP contribution in [0.4, 0.5) is 5.69 Å². The summed E-state index contributed by atoms with van der Waals surface area (Å²) in [4.78, 5) is 19.0. The minimum absolute atomic E-state index is 0.219. The Morgan fingerprint density at radius 1 is 0.947 bits per heavy atom. The number of anilines is 1. The fourth-order valence-corrected chi connectivity index (χ4v) is 4.92. The van der Waals surface area contributed by atoms with E-state index in [2.05, 4.69) is 39.5 Å². The van der Waals surface area contributed by atoms with Gasteiger partial charge in [0.2, 0.25) is 0 Å². The number of Topliss-reactive ketones (excluding diaryl/α,β-unsaturated/α-hetero) is 1. The van der Waals surface area contributed by atoms with Gasteiger partial charge in [-0.1, -0.05) is 48.0 Å². The SMILES string of the molecule is O=C(CCc1cccnc1)Cc1ccc(OCc2ccc(Cl)cc2-c2cccc(N3CCNCC3)c2)cc1. The Labute approximate surface area is 229 Å². The number of carbonyl (C=O) groups excluding carboxylic acids is 1. The second kappa shape index (κ2) is 12.7. The monoisotopic (exact) mass is 525 g/mol. The summed E-state index contributed by atoms with van der Waals surface area (Å²) < 4.78 is 6.15. The van der Waals surface area contributed by atoms with Crippen LogP contribution in [0.25, 0.3) is 11.1 Å². The number of ketones is 1. The Balaban J connectivity index is 1.21. The third-order valence-corrected chi connectivity index (χ3v) is 7.08. The molecular weight excluding hydrogens is 494 g/mol. The highest BCUT2D eigenvalue weighted by Gasteiger charge is 2.13. The molecule has 0 amide bonds. The number of carbonyl (C=O) groups is 1. The molecule has 1 N–H and O–H groups in total. The zero-order valence-electron chi connectivity index (χ0n) is 21.4. The molecule has 1 aromatic heterocycles. The van der Waals surface area contributed by atoms with Crippen molar-refractivity contribution in [1.29, 1.82) is 0 Å². The highest BCUT2D eigenvalue weighted by molar-refractivity contribution is 6.30. The van der Waals surface area contributed by atoms with Crippen molar-refractivity contribution in [2.75, 3.05) is 31.1 Å². The van der Waals surface area contributed by atoms with E-state index in [9.17, 15) is 4.79 Å². The summed E-state index contributed by atoms with van der Waals surface area (Å²) in [5.41, 5.74) is 6.57. The fourth-order valence-electron chi connectivity index (χ4n) is 4.75. The lowest BCUT2D eigenvalue weighted by Gasteiger charge is -2.29. The normalized spacial score (nSPS) is 13.3. The highest BCUT2D eigenvalue weighted by Crippen LogP contribution is 2.31. The number of aromatic nitrogens is 1. The molecule has 0 saturated carbocycles. The molecule has 5 rings (SSSR count). The molecule has 38 heavy (non-hydrogen) atoms. The van der Waals surface area contributed by atoms with Crippen LogP contribution in [-0.2, 0) is 24.2 Å². The molecule has 0 radical (unpaired) electrons. The fraction of sp³-hybridized carbons (Fsp3) is 0.250. The minimum atomic E-state index is 0.219. The molecule has 2 heterocycles. The zero-order valence-corrected chi connectivity index (χ0v) is 22.2. The highest BCUT2D eigenvalue weighted by atomic mass is 35.5. The summed E-state index contributed by atoms with van der Waals surface area (Å²) in [7, 11) is 0. The molecule has 4 aromatic rings. The van der Waals surface area contributed by atoms with Gasteiger partial charge in [0.05, 0.1) is 0 Å². The van der Waals surface area contributed by atoms with Crippen LogP contribution >= 0.6 is 11.6 Å². The Kier molecular flexibility index (Phi) is 8.69. The van der Waals surface area contributed by atoms with Gasteiger partial charge in [0.25, 0.3) is 0 Å². The van der Waals surface area contributed by atoms with Crippen LogP contribution in [0.1, 0.15) is 23.1 Å². The molecule has 194 valence electrons. The summed E-state index contributed by atoms with van der Waals surface area (Å²) in [6, 6.07) is 26.3. The third-order valence-electron chi connectivity index (χ3n) is 6.85. The molecule has 6 heteroatoms. The number of rotatable bonds is 10. The molecule has 1 fully saturated rings. The quantitative estimate of drug-likeness (QED) is 0.270. The topological polar surface area (TPSA) is 54.5 Å². The number of nitrogens with zero attached hydrogens (tertiary/aromatic N) is 2. The van der Waals surface area contributed by atoms with E-state index in [0.717, 1.165) is 66.2 Å². The molecule has 1 aliphatic heterocycles. The largest absolute Gasteiger partial charge is 0.489 e. The van der Waals surface area contributed by atoms with E-state index in [-0.39, 0.29) is 5.78 Å². The summed E-state index contributed by atoms with van der Waals surface area (Å²) in [5, 5.41) is 4.11. The van der Waals surface area contributed by atoms with Gasteiger partial charge in [0.1, 0.15) is 18.1 Å². The van der Waals surface area contributed by atoms with Gasteiger partial charge in [0, 0.05) is 62.1 Å². The first-order valence-corrected chi connectivity index (χ1v) is 13.5.